The summed E-state index contributed by atoms with van der Waals surface area (Å²) in [6, 6.07) is 0. The molecule has 0 aliphatic carbocycles. The number of hydrogen-bond acceptors (Lipinski definition) is 5. The lowest BCUT2D eigenvalue weighted by Gasteiger charge is -2.04. The van der Waals surface area contributed by atoms with Crippen LogP contribution in [0.4, 0.5) is 5.95 Å². The van der Waals surface area contributed by atoms with Crippen molar-refractivity contribution in [1.82, 2.24) is 25.5 Å². The zero-order chi connectivity index (χ0) is 12.0. The van der Waals surface area contributed by atoms with E-state index in [1.54, 1.807) is 0 Å². The van der Waals surface area contributed by atoms with Crippen molar-refractivity contribution >= 4 is 29.2 Å². The molecule has 0 aliphatic heterocycles. The molecule has 0 spiro atoms. The highest BCUT2D eigenvalue weighted by Gasteiger charge is 2.06. The molecule has 1 rings (SSSR count). The van der Waals surface area contributed by atoms with Crippen LogP contribution in [-0.4, -0.2) is 31.2 Å². The Kier molecular flexibility index (Phi) is 4.77. The first kappa shape index (κ1) is 12.5. The molecular weight excluding hydrogens is 228 g/mol. The first-order chi connectivity index (χ1) is 7.65. The average molecular weight is 242 g/mol. The SMILES string of the molecule is CCCC(=O)NC(=S)Nc1nnn(CC)n1. The van der Waals surface area contributed by atoms with Gasteiger partial charge in [0.2, 0.25) is 5.91 Å². The highest BCUT2D eigenvalue weighted by Crippen LogP contribution is 1.93. The Hall–Kier alpha value is -1.57. The largest absolute Gasteiger partial charge is 0.303 e. The molecule has 0 bridgehead atoms. The Bertz CT molecular complexity index is 376. The normalized spacial score (nSPS) is 9.88. The lowest BCUT2D eigenvalue weighted by Crippen LogP contribution is -2.34. The molecule has 0 aliphatic rings. The molecule has 1 aromatic rings. The van der Waals surface area contributed by atoms with Crippen molar-refractivity contribution in [1.29, 1.82) is 0 Å². The summed E-state index contributed by atoms with van der Waals surface area (Å²) in [5, 5.41) is 16.8. The Labute approximate surface area is 98.6 Å². The molecule has 2 N–H and O–H groups in total. The molecule has 0 unspecified atom stereocenters. The third-order valence-electron chi connectivity index (χ3n) is 1.69. The van der Waals surface area contributed by atoms with Crippen LogP contribution in [0.25, 0.3) is 0 Å². The van der Waals surface area contributed by atoms with Crippen molar-refractivity contribution in [3.63, 3.8) is 0 Å². The van der Waals surface area contributed by atoms with Crippen molar-refractivity contribution in [2.45, 2.75) is 33.2 Å². The fraction of sp³-hybridized carbons (Fsp3) is 0.625. The molecule has 88 valence electrons. The molecule has 1 amide bonds. The number of thiocarbonyl (C=S) groups is 1. The van der Waals surface area contributed by atoms with Crippen LogP contribution in [0.15, 0.2) is 0 Å². The van der Waals surface area contributed by atoms with Crippen LogP contribution in [0.1, 0.15) is 26.7 Å². The zero-order valence-electron chi connectivity index (χ0n) is 9.23. The van der Waals surface area contributed by atoms with Gasteiger partial charge in [0, 0.05) is 6.42 Å². The second-order valence-electron chi connectivity index (χ2n) is 3.05. The zero-order valence-corrected chi connectivity index (χ0v) is 10.0. The van der Waals surface area contributed by atoms with Gasteiger partial charge in [0.25, 0.3) is 5.95 Å². The lowest BCUT2D eigenvalue weighted by molar-refractivity contribution is -0.119. The Morgan fingerprint density at radius 1 is 1.50 bits per heavy atom. The first-order valence-corrected chi connectivity index (χ1v) is 5.45. The highest BCUT2D eigenvalue weighted by molar-refractivity contribution is 7.80. The van der Waals surface area contributed by atoms with Gasteiger partial charge in [-0.1, -0.05) is 12.0 Å². The third-order valence-corrected chi connectivity index (χ3v) is 1.90. The van der Waals surface area contributed by atoms with E-state index >= 15 is 0 Å². The van der Waals surface area contributed by atoms with Gasteiger partial charge in [-0.3, -0.25) is 10.1 Å². The van der Waals surface area contributed by atoms with Crippen molar-refractivity contribution < 1.29 is 4.79 Å². The molecule has 0 saturated carbocycles. The summed E-state index contributed by atoms with van der Waals surface area (Å²) >= 11 is 4.91. The molecule has 8 heteroatoms. The van der Waals surface area contributed by atoms with Crippen LogP contribution in [0.2, 0.25) is 0 Å². The monoisotopic (exact) mass is 242 g/mol. The first-order valence-electron chi connectivity index (χ1n) is 5.04. The average Bonchev–Trinajstić information content (AvgIpc) is 2.65. The Balaban J connectivity index is 2.42. The summed E-state index contributed by atoms with van der Waals surface area (Å²) in [5.74, 6) is 0.159. The molecule has 0 atom stereocenters. The molecule has 0 aromatic carbocycles. The van der Waals surface area contributed by atoms with Crippen LogP contribution in [0.5, 0.6) is 0 Å². The van der Waals surface area contributed by atoms with Crippen LogP contribution < -0.4 is 10.6 Å². The minimum atomic E-state index is -0.122. The highest BCUT2D eigenvalue weighted by atomic mass is 32.1. The molecule has 1 heterocycles. The molecule has 7 nitrogen and oxygen atoms in total. The predicted molar refractivity (Wildman–Crippen MR) is 62.8 cm³/mol. The molecular formula is C8H14N6OS. The van der Waals surface area contributed by atoms with Crippen molar-refractivity contribution in [2.24, 2.45) is 0 Å². The number of nitrogens with zero attached hydrogens (tertiary/aromatic N) is 4. The van der Waals surface area contributed by atoms with E-state index in [1.807, 2.05) is 13.8 Å². The summed E-state index contributed by atoms with van der Waals surface area (Å²) in [6.45, 7) is 4.45. The smallest absolute Gasteiger partial charge is 0.269 e. The predicted octanol–water partition coefficient (Wildman–Crippen LogP) is 0.306. The molecule has 1 aromatic heterocycles. The summed E-state index contributed by atoms with van der Waals surface area (Å²) in [7, 11) is 0. The van der Waals surface area contributed by atoms with Gasteiger partial charge in [0.05, 0.1) is 6.54 Å². The van der Waals surface area contributed by atoms with Crippen LogP contribution in [-0.2, 0) is 11.3 Å². The van der Waals surface area contributed by atoms with Gasteiger partial charge in [0.15, 0.2) is 5.11 Å². The maximum atomic E-state index is 11.2. The van der Waals surface area contributed by atoms with Crippen LogP contribution in [0.3, 0.4) is 0 Å². The van der Waals surface area contributed by atoms with Crippen molar-refractivity contribution in [2.75, 3.05) is 5.32 Å². The van der Waals surface area contributed by atoms with Gasteiger partial charge in [0.1, 0.15) is 0 Å². The van der Waals surface area contributed by atoms with E-state index in [0.29, 0.717) is 13.0 Å². The van der Waals surface area contributed by atoms with Gasteiger partial charge in [-0.15, -0.1) is 5.10 Å². The third kappa shape index (κ3) is 3.89. The summed E-state index contributed by atoms with van der Waals surface area (Å²) in [4.78, 5) is 12.6. The van der Waals surface area contributed by atoms with Crippen molar-refractivity contribution in [3.05, 3.63) is 0 Å². The van der Waals surface area contributed by atoms with Crippen molar-refractivity contribution in [3.8, 4) is 0 Å². The van der Waals surface area contributed by atoms with Gasteiger partial charge in [-0.05, 0) is 30.8 Å². The van der Waals surface area contributed by atoms with Crippen LogP contribution >= 0.6 is 12.2 Å². The quantitative estimate of drug-likeness (QED) is 0.739. The minimum Gasteiger partial charge on any atom is -0.303 e. The van der Waals surface area contributed by atoms with E-state index in [1.165, 1.54) is 4.80 Å². The number of anilines is 1. The van der Waals surface area contributed by atoms with E-state index in [2.05, 4.69) is 26.0 Å². The second-order valence-corrected chi connectivity index (χ2v) is 3.46. The van der Waals surface area contributed by atoms with Crippen LogP contribution in [0, 0.1) is 0 Å². The topological polar surface area (TPSA) is 84.7 Å². The molecule has 0 fully saturated rings. The van der Waals surface area contributed by atoms with E-state index in [4.69, 9.17) is 12.2 Å². The minimum absolute atomic E-state index is 0.122. The van der Waals surface area contributed by atoms with E-state index in [0.717, 1.165) is 6.42 Å². The fourth-order valence-corrected chi connectivity index (χ4v) is 1.18. The fourth-order valence-electron chi connectivity index (χ4n) is 0.976. The van der Waals surface area contributed by atoms with Gasteiger partial charge in [-0.2, -0.15) is 4.80 Å². The molecule has 0 saturated heterocycles. The maximum absolute atomic E-state index is 11.2. The molecule has 0 radical (unpaired) electrons. The van der Waals surface area contributed by atoms with E-state index in [9.17, 15) is 4.79 Å². The number of tetrazole rings is 1. The number of aryl methyl sites for hydroxylation is 1. The number of hydrogen-bond donors (Lipinski definition) is 2. The number of nitrogens with one attached hydrogen (secondary N) is 2. The van der Waals surface area contributed by atoms with Gasteiger partial charge in [-0.25, -0.2) is 0 Å². The summed E-state index contributed by atoms with van der Waals surface area (Å²) in [5.41, 5.74) is 0. The lowest BCUT2D eigenvalue weighted by atomic mass is 10.3. The summed E-state index contributed by atoms with van der Waals surface area (Å²) < 4.78 is 0. The van der Waals surface area contributed by atoms with E-state index < -0.39 is 0 Å². The molecule has 16 heavy (non-hydrogen) atoms. The summed E-state index contributed by atoms with van der Waals surface area (Å²) in [6.07, 6.45) is 1.22. The standard InChI is InChI=1S/C8H14N6OS/c1-3-5-6(15)9-8(16)10-7-11-13-14(4-2)12-7/h3-5H2,1-2H3,(H2,9,10,12,15,16). The number of aromatic nitrogens is 4. The van der Waals surface area contributed by atoms with Gasteiger partial charge >= 0.3 is 0 Å². The Morgan fingerprint density at radius 2 is 2.25 bits per heavy atom. The maximum Gasteiger partial charge on any atom is 0.269 e. The van der Waals surface area contributed by atoms with E-state index in [-0.39, 0.29) is 17.0 Å². The Morgan fingerprint density at radius 3 is 2.81 bits per heavy atom. The number of carbonyl (C=O) groups is 1. The van der Waals surface area contributed by atoms with Gasteiger partial charge < -0.3 is 5.32 Å². The number of rotatable bonds is 4. The second kappa shape index (κ2) is 6.11. The number of amides is 1. The number of carbonyl (C=O) groups excluding carboxylic acids is 1.